The smallest absolute Gasteiger partial charge is 0.353 e. The second-order valence-corrected chi connectivity index (χ2v) is 6.80. The molecule has 0 spiro atoms. The number of allylic oxidation sites excluding steroid dienone is 1. The normalized spacial score (nSPS) is 31.5. The summed E-state index contributed by atoms with van der Waals surface area (Å²) >= 11 is 1.45. The maximum Gasteiger partial charge on any atom is 0.353 e. The molecule has 1 saturated heterocycles. The number of nitrogens with zero attached hydrogens (tertiary/aromatic N) is 1. The van der Waals surface area contributed by atoms with Crippen LogP contribution >= 0.6 is 11.8 Å². The third kappa shape index (κ3) is 1.52. The number of carbonyl (C=O) groups excluding carboxylic acids is 1. The highest BCUT2D eigenvalue weighted by molar-refractivity contribution is 8.04. The van der Waals surface area contributed by atoms with Gasteiger partial charge in [-0.25, -0.2) is 4.79 Å². The summed E-state index contributed by atoms with van der Waals surface area (Å²) in [5, 5.41) is 19.0. The topological polar surface area (TPSA) is 77.8 Å². The van der Waals surface area contributed by atoms with Crippen LogP contribution in [0.4, 0.5) is 0 Å². The number of rotatable bonds is 3. The number of aliphatic carboxylic acids is 1. The Balaban J connectivity index is 1.93. The third-order valence-electron chi connectivity index (χ3n) is 3.68. The molecule has 3 rings (SSSR count). The number of aliphatic hydroxyl groups is 1. The van der Waals surface area contributed by atoms with E-state index in [1.807, 2.05) is 0 Å². The van der Waals surface area contributed by atoms with Crippen molar-refractivity contribution in [1.29, 1.82) is 0 Å². The van der Waals surface area contributed by atoms with Crippen molar-refractivity contribution in [3.8, 4) is 0 Å². The molecule has 2 heterocycles. The number of carbonyl (C=O) groups is 2. The van der Waals surface area contributed by atoms with Crippen molar-refractivity contribution in [2.24, 2.45) is 11.8 Å². The van der Waals surface area contributed by atoms with Gasteiger partial charge in [-0.15, -0.1) is 11.8 Å². The second-order valence-electron chi connectivity index (χ2n) is 5.64. The number of fused-ring (bicyclic) bond motifs is 1. The SMILES string of the molecule is CC(C)(O)C1C(=O)N2C(C(=O)O)=C(C3CC3)S[C@@H]12. The van der Waals surface area contributed by atoms with Gasteiger partial charge in [-0.2, -0.15) is 0 Å². The van der Waals surface area contributed by atoms with Crippen LogP contribution in [0.5, 0.6) is 0 Å². The molecule has 6 heteroatoms. The van der Waals surface area contributed by atoms with Gasteiger partial charge in [0.1, 0.15) is 11.1 Å². The summed E-state index contributed by atoms with van der Waals surface area (Å²) < 4.78 is 0. The van der Waals surface area contributed by atoms with Crippen LogP contribution in [0.25, 0.3) is 0 Å². The van der Waals surface area contributed by atoms with E-state index >= 15 is 0 Å². The van der Waals surface area contributed by atoms with Gasteiger partial charge in [-0.1, -0.05) is 0 Å². The van der Waals surface area contributed by atoms with E-state index < -0.39 is 17.5 Å². The van der Waals surface area contributed by atoms with Gasteiger partial charge in [0.2, 0.25) is 5.91 Å². The molecule has 2 atom stereocenters. The molecule has 3 aliphatic rings. The van der Waals surface area contributed by atoms with E-state index in [9.17, 15) is 19.8 Å². The van der Waals surface area contributed by atoms with Crippen LogP contribution in [-0.2, 0) is 9.59 Å². The second kappa shape index (κ2) is 3.51. The lowest BCUT2D eigenvalue weighted by molar-refractivity contribution is -0.163. The Hall–Kier alpha value is -1.01. The van der Waals surface area contributed by atoms with E-state index in [1.165, 1.54) is 16.7 Å². The summed E-state index contributed by atoms with van der Waals surface area (Å²) in [6, 6.07) is 0. The van der Waals surface area contributed by atoms with Gasteiger partial charge in [-0.3, -0.25) is 9.69 Å². The van der Waals surface area contributed by atoms with Gasteiger partial charge >= 0.3 is 5.97 Å². The molecular formula is C12H15NO4S. The summed E-state index contributed by atoms with van der Waals surface area (Å²) in [5.74, 6) is -1.50. The molecule has 2 N–H and O–H groups in total. The van der Waals surface area contributed by atoms with Crippen molar-refractivity contribution in [3.63, 3.8) is 0 Å². The first-order valence-electron chi connectivity index (χ1n) is 6.02. The highest BCUT2D eigenvalue weighted by Gasteiger charge is 2.61. The van der Waals surface area contributed by atoms with E-state index in [1.54, 1.807) is 13.8 Å². The number of thioether (sulfide) groups is 1. The number of carboxylic acids is 1. The van der Waals surface area contributed by atoms with Crippen molar-refractivity contribution in [2.45, 2.75) is 37.7 Å². The number of β-lactam (4-membered cyclic amide) rings is 1. The number of carboxylic acid groups (broad SMARTS) is 1. The first-order valence-corrected chi connectivity index (χ1v) is 6.90. The predicted octanol–water partition coefficient (Wildman–Crippen LogP) is 0.995. The molecule has 18 heavy (non-hydrogen) atoms. The average molecular weight is 269 g/mol. The van der Waals surface area contributed by atoms with E-state index in [0.717, 1.165) is 17.7 Å². The van der Waals surface area contributed by atoms with Gasteiger partial charge in [0, 0.05) is 4.91 Å². The summed E-state index contributed by atoms with van der Waals surface area (Å²) in [6.45, 7) is 3.20. The predicted molar refractivity (Wildman–Crippen MR) is 65.4 cm³/mol. The maximum atomic E-state index is 12.0. The third-order valence-corrected chi connectivity index (χ3v) is 5.18. The molecule has 5 nitrogen and oxygen atoms in total. The van der Waals surface area contributed by atoms with E-state index in [4.69, 9.17) is 0 Å². The number of hydrogen-bond acceptors (Lipinski definition) is 4. The Morgan fingerprint density at radius 3 is 2.50 bits per heavy atom. The summed E-state index contributed by atoms with van der Waals surface area (Å²) in [6.07, 6.45) is 2.00. The molecule has 1 aliphatic carbocycles. The van der Waals surface area contributed by atoms with Gasteiger partial charge in [0.05, 0.1) is 11.5 Å². The first-order chi connectivity index (χ1) is 8.32. The molecule has 0 bridgehead atoms. The minimum Gasteiger partial charge on any atom is -0.477 e. The first kappa shape index (κ1) is 12.0. The van der Waals surface area contributed by atoms with Gasteiger partial charge < -0.3 is 10.2 Å². The molecule has 1 saturated carbocycles. The number of amides is 1. The Bertz CT molecular complexity index is 475. The number of hydrogen-bond donors (Lipinski definition) is 2. The average Bonchev–Trinajstić information content (AvgIpc) is 2.98. The largest absolute Gasteiger partial charge is 0.477 e. The molecule has 0 aromatic carbocycles. The summed E-state index contributed by atoms with van der Waals surface area (Å²) in [4.78, 5) is 25.5. The highest BCUT2D eigenvalue weighted by Crippen LogP contribution is 2.58. The molecule has 98 valence electrons. The van der Waals surface area contributed by atoms with Crippen molar-refractivity contribution in [2.75, 3.05) is 0 Å². The van der Waals surface area contributed by atoms with Crippen molar-refractivity contribution in [3.05, 3.63) is 10.6 Å². The van der Waals surface area contributed by atoms with Gasteiger partial charge in [-0.05, 0) is 32.6 Å². The van der Waals surface area contributed by atoms with Crippen LogP contribution in [0.2, 0.25) is 0 Å². The molecule has 1 amide bonds. The minimum atomic E-state index is -1.10. The quantitative estimate of drug-likeness (QED) is 0.747. The molecule has 0 aromatic rings. The zero-order valence-electron chi connectivity index (χ0n) is 10.2. The fourth-order valence-corrected chi connectivity index (χ4v) is 4.51. The Morgan fingerprint density at radius 2 is 2.06 bits per heavy atom. The standard InChI is InChI=1S/C12H15NO4S/c1-12(2,17)6-9(14)13-7(11(15)16)8(5-3-4-5)18-10(6)13/h5-6,10,17H,3-4H2,1-2H3,(H,15,16)/t6?,10-/m0/s1. The van der Waals surface area contributed by atoms with Crippen LogP contribution in [0, 0.1) is 11.8 Å². The Morgan fingerprint density at radius 1 is 1.44 bits per heavy atom. The van der Waals surface area contributed by atoms with Crippen molar-refractivity contribution < 1.29 is 19.8 Å². The van der Waals surface area contributed by atoms with Crippen LogP contribution in [0.3, 0.4) is 0 Å². The Labute approximate surface area is 109 Å². The van der Waals surface area contributed by atoms with Crippen molar-refractivity contribution in [1.82, 2.24) is 4.90 Å². The molecular weight excluding hydrogens is 254 g/mol. The zero-order chi connectivity index (χ0) is 13.2. The van der Waals surface area contributed by atoms with Crippen LogP contribution in [0.1, 0.15) is 26.7 Å². The highest BCUT2D eigenvalue weighted by atomic mass is 32.2. The van der Waals surface area contributed by atoms with Gasteiger partial charge in [0.15, 0.2) is 0 Å². The van der Waals surface area contributed by atoms with Gasteiger partial charge in [0.25, 0.3) is 0 Å². The fraction of sp³-hybridized carbons (Fsp3) is 0.667. The lowest BCUT2D eigenvalue weighted by Gasteiger charge is -2.47. The van der Waals surface area contributed by atoms with Crippen molar-refractivity contribution >= 4 is 23.6 Å². The Kier molecular flexibility index (Phi) is 2.35. The fourth-order valence-electron chi connectivity index (χ4n) is 2.62. The van der Waals surface area contributed by atoms with Crippen LogP contribution < -0.4 is 0 Å². The molecule has 2 fully saturated rings. The monoisotopic (exact) mass is 269 g/mol. The van der Waals surface area contributed by atoms with Crippen LogP contribution in [-0.4, -0.2) is 38.0 Å². The van der Waals surface area contributed by atoms with E-state index in [-0.39, 0.29) is 17.0 Å². The lowest BCUT2D eigenvalue weighted by atomic mass is 9.82. The summed E-state index contributed by atoms with van der Waals surface area (Å²) in [5.41, 5.74) is -0.952. The zero-order valence-corrected chi connectivity index (χ0v) is 11.0. The lowest BCUT2D eigenvalue weighted by Crippen LogP contribution is -2.64. The minimum absolute atomic E-state index is 0.151. The van der Waals surface area contributed by atoms with Crippen LogP contribution in [0.15, 0.2) is 10.6 Å². The maximum absolute atomic E-state index is 12.0. The molecule has 2 aliphatic heterocycles. The van der Waals surface area contributed by atoms with E-state index in [0.29, 0.717) is 5.92 Å². The molecule has 1 unspecified atom stereocenters. The summed E-state index contributed by atoms with van der Waals surface area (Å²) in [7, 11) is 0. The molecule has 0 radical (unpaired) electrons. The molecule has 0 aromatic heterocycles. The van der Waals surface area contributed by atoms with E-state index in [2.05, 4.69) is 0 Å².